The highest BCUT2D eigenvalue weighted by molar-refractivity contribution is 6.07. The number of nitrogens with zero attached hydrogens (tertiary/aromatic N) is 4. The van der Waals surface area contributed by atoms with E-state index in [0.29, 0.717) is 38.2 Å². The van der Waals surface area contributed by atoms with E-state index in [1.807, 2.05) is 11.5 Å². The fourth-order valence-corrected chi connectivity index (χ4v) is 4.51. The Balaban J connectivity index is 1.45. The summed E-state index contributed by atoms with van der Waals surface area (Å²) in [6, 6.07) is -0.426. The van der Waals surface area contributed by atoms with E-state index in [0.717, 1.165) is 31.6 Å². The number of aryl methyl sites for hydroxylation is 1. The minimum absolute atomic E-state index is 0.0234. The van der Waals surface area contributed by atoms with Gasteiger partial charge in [-0.15, -0.1) is 10.2 Å². The molecule has 2 fully saturated rings. The normalized spacial score (nSPS) is 26.4. The van der Waals surface area contributed by atoms with Crippen molar-refractivity contribution in [3.8, 4) is 0 Å². The van der Waals surface area contributed by atoms with Crippen LogP contribution in [0.5, 0.6) is 0 Å². The van der Waals surface area contributed by atoms with E-state index in [1.54, 1.807) is 4.90 Å². The number of hydrogen-bond acceptors (Lipinski definition) is 5. The van der Waals surface area contributed by atoms with Crippen molar-refractivity contribution in [2.75, 3.05) is 13.1 Å². The highest BCUT2D eigenvalue weighted by atomic mass is 16.2. The predicted octanol–water partition coefficient (Wildman–Crippen LogP) is 0.455. The topological polar surface area (TPSA) is 109 Å². The highest BCUT2D eigenvalue weighted by Gasteiger charge is 2.51. The van der Waals surface area contributed by atoms with E-state index in [-0.39, 0.29) is 17.7 Å². The zero-order chi connectivity index (χ0) is 18.3. The number of carbonyl (C=O) groups is 3. The van der Waals surface area contributed by atoms with Gasteiger partial charge in [0.1, 0.15) is 11.4 Å². The number of rotatable bonds is 3. The van der Waals surface area contributed by atoms with Gasteiger partial charge in [-0.1, -0.05) is 6.92 Å². The molecule has 4 rings (SSSR count). The zero-order valence-electron chi connectivity index (χ0n) is 15.0. The lowest BCUT2D eigenvalue weighted by atomic mass is 9.76. The molecule has 1 aromatic heterocycles. The van der Waals surface area contributed by atoms with E-state index in [1.165, 1.54) is 0 Å². The Hall–Kier alpha value is -2.45. The first-order valence-corrected chi connectivity index (χ1v) is 9.40. The molecule has 140 valence electrons. The Kier molecular flexibility index (Phi) is 4.16. The summed E-state index contributed by atoms with van der Waals surface area (Å²) in [4.78, 5) is 38.6. The molecule has 9 heteroatoms. The van der Waals surface area contributed by atoms with Gasteiger partial charge in [0.05, 0.1) is 0 Å². The summed E-state index contributed by atoms with van der Waals surface area (Å²) in [5, 5.41) is 13.5. The molecule has 0 spiro atoms. The SMILES string of the molecule is CCC1(C2CCN(C(=O)c3nnc4n3CCCC4)CC2)NC(=O)NC1=O. The highest BCUT2D eigenvalue weighted by Crippen LogP contribution is 2.33. The zero-order valence-corrected chi connectivity index (χ0v) is 15.0. The van der Waals surface area contributed by atoms with Crippen LogP contribution in [0.4, 0.5) is 4.79 Å². The summed E-state index contributed by atoms with van der Waals surface area (Å²) in [6.07, 6.45) is 4.89. The lowest BCUT2D eigenvalue weighted by Gasteiger charge is -2.40. The Morgan fingerprint density at radius 1 is 1.19 bits per heavy atom. The predicted molar refractivity (Wildman–Crippen MR) is 91.3 cm³/mol. The second kappa shape index (κ2) is 6.37. The molecule has 1 atom stereocenters. The first kappa shape index (κ1) is 17.0. The molecule has 0 radical (unpaired) electrons. The molecule has 4 heterocycles. The summed E-state index contributed by atoms with van der Waals surface area (Å²) < 4.78 is 1.94. The van der Waals surface area contributed by atoms with Crippen molar-refractivity contribution < 1.29 is 14.4 Å². The molecule has 1 aromatic rings. The second-order valence-electron chi connectivity index (χ2n) is 7.35. The largest absolute Gasteiger partial charge is 0.336 e. The van der Waals surface area contributed by atoms with Crippen LogP contribution in [0.1, 0.15) is 55.5 Å². The van der Waals surface area contributed by atoms with Crippen molar-refractivity contribution in [1.82, 2.24) is 30.3 Å². The molecule has 1 unspecified atom stereocenters. The minimum Gasteiger partial charge on any atom is -0.336 e. The fourth-order valence-electron chi connectivity index (χ4n) is 4.51. The Labute approximate surface area is 151 Å². The lowest BCUT2D eigenvalue weighted by molar-refractivity contribution is -0.126. The molecular formula is C17H24N6O3. The van der Waals surface area contributed by atoms with Crippen molar-refractivity contribution in [3.05, 3.63) is 11.6 Å². The molecular weight excluding hydrogens is 336 g/mol. The fraction of sp³-hybridized carbons (Fsp3) is 0.706. The van der Waals surface area contributed by atoms with Gasteiger partial charge in [-0.25, -0.2) is 4.79 Å². The van der Waals surface area contributed by atoms with Crippen molar-refractivity contribution in [2.24, 2.45) is 5.92 Å². The number of carbonyl (C=O) groups excluding carboxylic acids is 3. The minimum atomic E-state index is -0.847. The molecule has 9 nitrogen and oxygen atoms in total. The number of hydrogen-bond donors (Lipinski definition) is 2. The van der Waals surface area contributed by atoms with E-state index < -0.39 is 11.6 Å². The van der Waals surface area contributed by atoms with Crippen LogP contribution >= 0.6 is 0 Å². The van der Waals surface area contributed by atoms with Crippen molar-refractivity contribution in [1.29, 1.82) is 0 Å². The second-order valence-corrected chi connectivity index (χ2v) is 7.35. The first-order valence-electron chi connectivity index (χ1n) is 9.40. The number of amides is 4. The maximum Gasteiger partial charge on any atom is 0.322 e. The first-order chi connectivity index (χ1) is 12.5. The van der Waals surface area contributed by atoms with Gasteiger partial charge >= 0.3 is 6.03 Å². The quantitative estimate of drug-likeness (QED) is 0.761. The molecule has 3 aliphatic heterocycles. The molecule has 2 N–H and O–H groups in total. The summed E-state index contributed by atoms with van der Waals surface area (Å²) in [5.74, 6) is 1.01. The summed E-state index contributed by atoms with van der Waals surface area (Å²) >= 11 is 0. The van der Waals surface area contributed by atoms with Gasteiger partial charge in [0.25, 0.3) is 11.8 Å². The molecule has 2 saturated heterocycles. The molecule has 3 aliphatic rings. The van der Waals surface area contributed by atoms with Crippen LogP contribution in [0.3, 0.4) is 0 Å². The van der Waals surface area contributed by atoms with Crippen LogP contribution in [0.25, 0.3) is 0 Å². The van der Waals surface area contributed by atoms with Crippen LogP contribution < -0.4 is 10.6 Å². The van der Waals surface area contributed by atoms with Gasteiger partial charge in [-0.2, -0.15) is 0 Å². The van der Waals surface area contributed by atoms with Crippen LogP contribution in [0, 0.1) is 5.92 Å². The molecule has 0 saturated carbocycles. The van der Waals surface area contributed by atoms with Crippen LogP contribution in [0.2, 0.25) is 0 Å². The monoisotopic (exact) mass is 360 g/mol. The summed E-state index contributed by atoms with van der Waals surface area (Å²) in [7, 11) is 0. The van der Waals surface area contributed by atoms with Gasteiger partial charge in [0, 0.05) is 26.1 Å². The van der Waals surface area contributed by atoms with E-state index in [9.17, 15) is 14.4 Å². The standard InChI is InChI=1S/C17H24N6O3/c1-2-17(15(25)18-16(26)19-17)11-6-9-22(10-7-11)14(24)13-21-20-12-5-3-4-8-23(12)13/h11H,2-10H2,1H3,(H2,18,19,25,26). The molecule has 4 amide bonds. The van der Waals surface area contributed by atoms with Crippen LogP contribution in [-0.2, 0) is 17.8 Å². The van der Waals surface area contributed by atoms with E-state index in [2.05, 4.69) is 20.8 Å². The van der Waals surface area contributed by atoms with E-state index >= 15 is 0 Å². The van der Waals surface area contributed by atoms with Crippen molar-refractivity contribution in [2.45, 2.75) is 57.5 Å². The van der Waals surface area contributed by atoms with Crippen molar-refractivity contribution >= 4 is 17.8 Å². The maximum atomic E-state index is 12.9. The average Bonchev–Trinajstić information content (AvgIpc) is 3.22. The van der Waals surface area contributed by atoms with Crippen LogP contribution in [0.15, 0.2) is 0 Å². The third kappa shape index (κ3) is 2.57. The molecule has 0 aromatic carbocycles. The number of aromatic nitrogens is 3. The average molecular weight is 360 g/mol. The van der Waals surface area contributed by atoms with Crippen LogP contribution in [-0.4, -0.2) is 56.1 Å². The summed E-state index contributed by atoms with van der Waals surface area (Å²) in [5.41, 5.74) is -0.847. The van der Waals surface area contributed by atoms with Gasteiger partial charge in [-0.3, -0.25) is 14.9 Å². The third-order valence-corrected chi connectivity index (χ3v) is 6.06. The number of imide groups is 1. The Bertz CT molecular complexity index is 752. The van der Waals surface area contributed by atoms with Crippen molar-refractivity contribution in [3.63, 3.8) is 0 Å². The number of likely N-dealkylation sites (tertiary alicyclic amines) is 1. The Morgan fingerprint density at radius 2 is 1.96 bits per heavy atom. The lowest BCUT2D eigenvalue weighted by Crippen LogP contribution is -2.56. The molecule has 0 aliphatic carbocycles. The van der Waals surface area contributed by atoms with Gasteiger partial charge in [0.15, 0.2) is 0 Å². The summed E-state index contributed by atoms with van der Waals surface area (Å²) in [6.45, 7) is 3.81. The van der Waals surface area contributed by atoms with E-state index in [4.69, 9.17) is 0 Å². The number of urea groups is 1. The molecule has 26 heavy (non-hydrogen) atoms. The molecule has 0 bridgehead atoms. The van der Waals surface area contributed by atoms with Gasteiger partial charge < -0.3 is 14.8 Å². The number of nitrogens with one attached hydrogen (secondary N) is 2. The third-order valence-electron chi connectivity index (χ3n) is 6.06. The smallest absolute Gasteiger partial charge is 0.322 e. The number of fused-ring (bicyclic) bond motifs is 1. The van der Waals surface area contributed by atoms with Gasteiger partial charge in [0.2, 0.25) is 5.82 Å². The Morgan fingerprint density at radius 3 is 2.62 bits per heavy atom. The number of piperidine rings is 1. The van der Waals surface area contributed by atoms with Gasteiger partial charge in [-0.05, 0) is 38.0 Å². The maximum absolute atomic E-state index is 12.9.